The van der Waals surface area contributed by atoms with Gasteiger partial charge in [0.1, 0.15) is 0 Å². The lowest BCUT2D eigenvalue weighted by Gasteiger charge is -2.27. The first kappa shape index (κ1) is 19.4. The van der Waals surface area contributed by atoms with Crippen LogP contribution in [0.4, 0.5) is 5.69 Å². The van der Waals surface area contributed by atoms with Gasteiger partial charge < -0.3 is 0 Å². The molecule has 0 unspecified atom stereocenters. The van der Waals surface area contributed by atoms with E-state index in [-0.39, 0.29) is 11.0 Å². The molecule has 134 valence electrons. The summed E-state index contributed by atoms with van der Waals surface area (Å²) in [5, 5.41) is 0. The fraction of sp³-hybridized carbons (Fsp3) is 0.478. The number of hydrogen-bond acceptors (Lipinski definition) is 2. The van der Waals surface area contributed by atoms with E-state index >= 15 is 0 Å². The summed E-state index contributed by atoms with van der Waals surface area (Å²) >= 11 is 0. The Bertz CT molecular complexity index is 678. The molecule has 2 heteroatoms. The first-order chi connectivity index (χ1) is 11.8. The molecule has 0 aromatic heterocycles. The summed E-state index contributed by atoms with van der Waals surface area (Å²) in [4.78, 5) is 9.51. The van der Waals surface area contributed by atoms with Crippen molar-refractivity contribution in [3.63, 3.8) is 0 Å². The topological polar surface area (TPSA) is 24.7 Å². The predicted molar refractivity (Wildman–Crippen MR) is 112 cm³/mol. The van der Waals surface area contributed by atoms with Crippen molar-refractivity contribution >= 4 is 17.1 Å². The molecule has 0 amide bonds. The van der Waals surface area contributed by atoms with E-state index in [1.54, 1.807) is 0 Å². The lowest BCUT2D eigenvalue weighted by atomic mass is 9.78. The minimum absolute atomic E-state index is 0.0142. The van der Waals surface area contributed by atoms with E-state index in [0.717, 1.165) is 36.4 Å². The molecule has 0 bridgehead atoms. The van der Waals surface area contributed by atoms with E-state index in [4.69, 9.17) is 9.98 Å². The molecule has 1 aromatic carbocycles. The van der Waals surface area contributed by atoms with Crippen LogP contribution in [0.5, 0.6) is 0 Å². The first-order valence-electron chi connectivity index (χ1n) is 9.47. The van der Waals surface area contributed by atoms with Crippen molar-refractivity contribution in [1.29, 1.82) is 0 Å². The van der Waals surface area contributed by atoms with Gasteiger partial charge in [-0.2, -0.15) is 0 Å². The van der Waals surface area contributed by atoms with Crippen molar-refractivity contribution in [2.45, 2.75) is 71.8 Å². The van der Waals surface area contributed by atoms with Gasteiger partial charge in [0.25, 0.3) is 0 Å². The Hall–Kier alpha value is -1.96. The number of rotatable bonds is 6. The zero-order valence-corrected chi connectivity index (χ0v) is 16.6. The molecule has 1 aliphatic rings. The highest BCUT2D eigenvalue weighted by Crippen LogP contribution is 2.32. The van der Waals surface area contributed by atoms with E-state index in [2.05, 4.69) is 78.0 Å². The molecule has 0 saturated heterocycles. The number of hydrogen-bond donors (Lipinski definition) is 0. The van der Waals surface area contributed by atoms with Gasteiger partial charge in [0.15, 0.2) is 0 Å². The minimum atomic E-state index is -0.0142. The SMILES string of the molecule is CCC(C)(C)N=C1C=CC(=Nc2ccc(C(C)(CC)CC)cc2)C=C1. The third-order valence-corrected chi connectivity index (χ3v) is 5.53. The van der Waals surface area contributed by atoms with Crippen molar-refractivity contribution in [3.8, 4) is 0 Å². The van der Waals surface area contributed by atoms with Crippen molar-refractivity contribution < 1.29 is 0 Å². The van der Waals surface area contributed by atoms with Crippen LogP contribution in [0.2, 0.25) is 0 Å². The van der Waals surface area contributed by atoms with Crippen LogP contribution in [0.15, 0.2) is 58.6 Å². The van der Waals surface area contributed by atoms with Gasteiger partial charge in [-0.3, -0.25) is 4.99 Å². The monoisotopic (exact) mass is 336 g/mol. The maximum atomic E-state index is 4.77. The lowest BCUT2D eigenvalue weighted by molar-refractivity contribution is 0.439. The standard InChI is InChI=1S/C23H32N2/c1-7-22(4,5)25-21-16-14-20(15-17-21)24-19-12-10-18(11-13-19)23(6,8-2)9-3/h10-17H,7-9H2,1-6H3. The van der Waals surface area contributed by atoms with Gasteiger partial charge in [-0.1, -0.05) is 39.8 Å². The van der Waals surface area contributed by atoms with E-state index in [1.165, 1.54) is 5.56 Å². The zero-order valence-electron chi connectivity index (χ0n) is 16.6. The van der Waals surface area contributed by atoms with Crippen LogP contribution in [0, 0.1) is 0 Å². The van der Waals surface area contributed by atoms with E-state index < -0.39 is 0 Å². The van der Waals surface area contributed by atoms with Crippen molar-refractivity contribution in [3.05, 3.63) is 54.1 Å². The first-order valence-corrected chi connectivity index (χ1v) is 9.47. The number of aliphatic imine (C=N–C) groups is 2. The zero-order chi connectivity index (χ0) is 18.5. The van der Waals surface area contributed by atoms with Gasteiger partial charge in [-0.15, -0.1) is 0 Å². The van der Waals surface area contributed by atoms with Gasteiger partial charge in [-0.05, 0) is 80.5 Å². The molecule has 0 N–H and O–H groups in total. The predicted octanol–water partition coefficient (Wildman–Crippen LogP) is 6.59. The van der Waals surface area contributed by atoms with Gasteiger partial charge >= 0.3 is 0 Å². The van der Waals surface area contributed by atoms with Gasteiger partial charge in [0.2, 0.25) is 0 Å². The summed E-state index contributed by atoms with van der Waals surface area (Å²) in [6.45, 7) is 13.3. The molecule has 1 aromatic rings. The molecule has 0 spiro atoms. The largest absolute Gasteiger partial charge is 0.279 e. The molecule has 0 atom stereocenters. The second kappa shape index (κ2) is 7.95. The third kappa shape index (κ3) is 5.01. The molecule has 0 fully saturated rings. The molecule has 0 radical (unpaired) electrons. The van der Waals surface area contributed by atoms with Crippen LogP contribution in [0.3, 0.4) is 0 Å². The normalized spacial score (nSPS) is 14.8. The van der Waals surface area contributed by atoms with Gasteiger partial charge in [-0.25, -0.2) is 4.99 Å². The number of benzene rings is 1. The Kier molecular flexibility index (Phi) is 6.16. The van der Waals surface area contributed by atoms with Crippen LogP contribution >= 0.6 is 0 Å². The van der Waals surface area contributed by atoms with Crippen molar-refractivity contribution in [2.24, 2.45) is 9.98 Å². The van der Waals surface area contributed by atoms with Gasteiger partial charge in [0, 0.05) is 0 Å². The Balaban J connectivity index is 2.14. The Morgan fingerprint density at radius 1 is 0.720 bits per heavy atom. The maximum absolute atomic E-state index is 4.77. The fourth-order valence-electron chi connectivity index (χ4n) is 2.78. The molecule has 25 heavy (non-hydrogen) atoms. The van der Waals surface area contributed by atoms with Crippen LogP contribution in [-0.4, -0.2) is 17.0 Å². The van der Waals surface area contributed by atoms with Crippen LogP contribution in [0.25, 0.3) is 0 Å². The summed E-state index contributed by atoms with van der Waals surface area (Å²) in [6, 6.07) is 8.69. The number of allylic oxidation sites excluding steroid dienone is 4. The molecular formula is C23H32N2. The highest BCUT2D eigenvalue weighted by atomic mass is 14.8. The molecule has 2 rings (SSSR count). The second-order valence-electron chi connectivity index (χ2n) is 7.72. The minimum Gasteiger partial charge on any atom is -0.279 e. The summed E-state index contributed by atoms with van der Waals surface area (Å²) in [5.41, 5.74) is 4.62. The highest BCUT2D eigenvalue weighted by molar-refractivity contribution is 6.19. The fourth-order valence-corrected chi connectivity index (χ4v) is 2.78. The number of nitrogens with zero attached hydrogens (tertiary/aromatic N) is 2. The summed E-state index contributed by atoms with van der Waals surface area (Å²) in [6.07, 6.45) is 11.5. The molecule has 2 nitrogen and oxygen atoms in total. The van der Waals surface area contributed by atoms with Crippen LogP contribution in [-0.2, 0) is 5.41 Å². The highest BCUT2D eigenvalue weighted by Gasteiger charge is 2.21. The summed E-state index contributed by atoms with van der Waals surface area (Å²) in [7, 11) is 0. The smallest absolute Gasteiger partial charge is 0.0638 e. The van der Waals surface area contributed by atoms with E-state index in [9.17, 15) is 0 Å². The van der Waals surface area contributed by atoms with E-state index in [1.807, 2.05) is 12.2 Å². The Morgan fingerprint density at radius 2 is 1.24 bits per heavy atom. The third-order valence-electron chi connectivity index (χ3n) is 5.53. The summed E-state index contributed by atoms with van der Waals surface area (Å²) < 4.78 is 0. The van der Waals surface area contributed by atoms with Crippen LogP contribution < -0.4 is 0 Å². The summed E-state index contributed by atoms with van der Waals surface area (Å²) in [5.74, 6) is 0. The molecule has 0 saturated carbocycles. The average molecular weight is 337 g/mol. The quantitative estimate of drug-likeness (QED) is 0.523. The average Bonchev–Trinajstić information content (AvgIpc) is 2.63. The second-order valence-corrected chi connectivity index (χ2v) is 7.72. The van der Waals surface area contributed by atoms with Crippen molar-refractivity contribution in [2.75, 3.05) is 0 Å². The van der Waals surface area contributed by atoms with Gasteiger partial charge in [0.05, 0.1) is 22.6 Å². The Labute approximate surface area is 153 Å². The van der Waals surface area contributed by atoms with E-state index in [0.29, 0.717) is 0 Å². The lowest BCUT2D eigenvalue weighted by Crippen LogP contribution is -2.19. The maximum Gasteiger partial charge on any atom is 0.0638 e. The van der Waals surface area contributed by atoms with Crippen molar-refractivity contribution in [1.82, 2.24) is 0 Å². The molecule has 1 aliphatic carbocycles. The Morgan fingerprint density at radius 3 is 1.72 bits per heavy atom. The molecule has 0 heterocycles. The van der Waals surface area contributed by atoms with Crippen LogP contribution in [0.1, 0.15) is 66.4 Å². The molecular weight excluding hydrogens is 304 g/mol. The molecule has 0 aliphatic heterocycles.